The van der Waals surface area contributed by atoms with Crippen LogP contribution in [0.1, 0.15) is 28.9 Å². The summed E-state index contributed by atoms with van der Waals surface area (Å²) in [5, 5.41) is 2.76. The van der Waals surface area contributed by atoms with Crippen molar-refractivity contribution in [3.8, 4) is 5.75 Å². The van der Waals surface area contributed by atoms with Gasteiger partial charge in [0, 0.05) is 44.5 Å². The number of ether oxygens (including phenoxy) is 1. The summed E-state index contributed by atoms with van der Waals surface area (Å²) in [6.07, 6.45) is 4.04. The van der Waals surface area contributed by atoms with Crippen molar-refractivity contribution in [2.24, 2.45) is 5.73 Å². The third-order valence-electron chi connectivity index (χ3n) is 4.50. The second kappa shape index (κ2) is 12.6. The van der Waals surface area contributed by atoms with E-state index in [1.165, 1.54) is 0 Å². The lowest BCUT2D eigenvalue weighted by atomic mass is 10.1. The first-order chi connectivity index (χ1) is 12.7. The van der Waals surface area contributed by atoms with Crippen LogP contribution in [0.3, 0.4) is 0 Å². The minimum atomic E-state index is -0.107. The van der Waals surface area contributed by atoms with Gasteiger partial charge in [-0.1, -0.05) is 6.07 Å². The fraction of sp³-hybridized carbons (Fsp3) is 0.400. The zero-order chi connectivity index (χ0) is 18.2. The highest BCUT2D eigenvalue weighted by Crippen LogP contribution is 2.20. The van der Waals surface area contributed by atoms with Crippen molar-refractivity contribution in [3.05, 3.63) is 59.9 Å². The van der Waals surface area contributed by atoms with Gasteiger partial charge in [-0.05, 0) is 49.2 Å². The van der Waals surface area contributed by atoms with Crippen LogP contribution in [-0.4, -0.2) is 48.1 Å². The Kier molecular flexibility index (Phi) is 10.9. The summed E-state index contributed by atoms with van der Waals surface area (Å²) in [6, 6.07) is 13.3. The first-order valence-electron chi connectivity index (χ1n) is 9.12. The van der Waals surface area contributed by atoms with Crippen LogP contribution in [0.5, 0.6) is 5.75 Å². The van der Waals surface area contributed by atoms with Crippen molar-refractivity contribution < 1.29 is 9.53 Å². The highest BCUT2D eigenvalue weighted by molar-refractivity contribution is 5.94. The Hall–Kier alpha value is -1.86. The first kappa shape index (κ1) is 24.2. The third kappa shape index (κ3) is 7.28. The van der Waals surface area contributed by atoms with Gasteiger partial charge in [0.15, 0.2) is 0 Å². The van der Waals surface area contributed by atoms with Crippen LogP contribution in [0.15, 0.2) is 48.7 Å². The molecular formula is C20H28Cl2N4O2. The molecule has 2 heterocycles. The predicted octanol–water partition coefficient (Wildman–Crippen LogP) is 2.66. The van der Waals surface area contributed by atoms with Gasteiger partial charge < -0.3 is 15.8 Å². The maximum absolute atomic E-state index is 11.9. The van der Waals surface area contributed by atoms with Crippen molar-refractivity contribution in [1.29, 1.82) is 0 Å². The number of aromatic nitrogens is 1. The highest BCUT2D eigenvalue weighted by Gasteiger charge is 2.21. The van der Waals surface area contributed by atoms with Gasteiger partial charge in [0.05, 0.1) is 5.69 Å². The molecule has 0 atom stereocenters. The molecule has 1 fully saturated rings. The zero-order valence-electron chi connectivity index (χ0n) is 15.8. The molecule has 1 aromatic carbocycles. The molecule has 28 heavy (non-hydrogen) atoms. The van der Waals surface area contributed by atoms with E-state index in [1.807, 2.05) is 30.5 Å². The van der Waals surface area contributed by atoms with Crippen molar-refractivity contribution in [1.82, 2.24) is 15.2 Å². The molecule has 3 N–H and O–H groups in total. The number of halogens is 2. The summed E-state index contributed by atoms with van der Waals surface area (Å²) in [5.74, 6) is 0.702. The van der Waals surface area contributed by atoms with Crippen LogP contribution in [0, 0.1) is 0 Å². The molecule has 1 aliphatic rings. The average Bonchev–Trinajstić information content (AvgIpc) is 2.69. The molecule has 2 aromatic rings. The van der Waals surface area contributed by atoms with Crippen LogP contribution >= 0.6 is 24.8 Å². The fourth-order valence-corrected chi connectivity index (χ4v) is 3.07. The lowest BCUT2D eigenvalue weighted by molar-refractivity contribution is 0.0950. The summed E-state index contributed by atoms with van der Waals surface area (Å²) in [5.41, 5.74) is 7.12. The third-order valence-corrected chi connectivity index (χ3v) is 4.50. The standard InChI is InChI=1S/C20H26N4O2.2ClH/c21-10-12-23-20(25)16-4-6-18(7-5-16)26-19-8-13-24(14-9-19)15-17-3-1-2-11-22-17;;/h1-7,11,19H,8-10,12-15,21H2,(H,23,25);2*1H. The topological polar surface area (TPSA) is 80.5 Å². The number of hydrogen-bond donors (Lipinski definition) is 2. The number of likely N-dealkylation sites (tertiary alicyclic amines) is 1. The fourth-order valence-electron chi connectivity index (χ4n) is 3.07. The molecule has 1 amide bonds. The molecule has 6 nitrogen and oxygen atoms in total. The number of amides is 1. The second-order valence-corrected chi connectivity index (χ2v) is 6.48. The van der Waals surface area contributed by atoms with Crippen LogP contribution < -0.4 is 15.8 Å². The van der Waals surface area contributed by atoms with Gasteiger partial charge in [-0.15, -0.1) is 24.8 Å². The molecule has 0 bridgehead atoms. The van der Waals surface area contributed by atoms with Crippen LogP contribution in [-0.2, 0) is 6.54 Å². The quantitative estimate of drug-likeness (QED) is 0.710. The molecule has 0 radical (unpaired) electrons. The molecule has 0 saturated carbocycles. The maximum atomic E-state index is 11.9. The molecule has 0 aliphatic carbocycles. The van der Waals surface area contributed by atoms with E-state index in [1.54, 1.807) is 12.1 Å². The molecule has 3 rings (SSSR count). The first-order valence-corrected chi connectivity index (χ1v) is 9.12. The molecule has 0 unspecified atom stereocenters. The molecule has 154 valence electrons. The van der Waals surface area contributed by atoms with Gasteiger partial charge in [0.1, 0.15) is 11.9 Å². The van der Waals surface area contributed by atoms with Crippen molar-refractivity contribution in [3.63, 3.8) is 0 Å². The highest BCUT2D eigenvalue weighted by atomic mass is 35.5. The van der Waals surface area contributed by atoms with E-state index in [-0.39, 0.29) is 36.8 Å². The monoisotopic (exact) mass is 426 g/mol. The number of piperidine rings is 1. The van der Waals surface area contributed by atoms with E-state index in [0.29, 0.717) is 18.7 Å². The Morgan fingerprint density at radius 1 is 1.14 bits per heavy atom. The van der Waals surface area contributed by atoms with Gasteiger partial charge in [-0.3, -0.25) is 14.7 Å². The lowest BCUT2D eigenvalue weighted by Gasteiger charge is -2.31. The Labute approximate surface area is 178 Å². The molecule has 1 aliphatic heterocycles. The molecule has 1 aromatic heterocycles. The van der Waals surface area contributed by atoms with E-state index in [2.05, 4.69) is 21.3 Å². The number of nitrogens with zero attached hydrogens (tertiary/aromatic N) is 2. The van der Waals surface area contributed by atoms with Crippen molar-refractivity contribution in [2.75, 3.05) is 26.2 Å². The minimum Gasteiger partial charge on any atom is -0.490 e. The van der Waals surface area contributed by atoms with Gasteiger partial charge >= 0.3 is 0 Å². The Balaban J connectivity index is 0.00000196. The molecule has 1 saturated heterocycles. The lowest BCUT2D eigenvalue weighted by Crippen LogP contribution is -2.37. The van der Waals surface area contributed by atoms with Crippen LogP contribution in [0.4, 0.5) is 0 Å². The minimum absolute atomic E-state index is 0. The number of carbonyl (C=O) groups is 1. The normalized spacial score (nSPS) is 14.5. The smallest absolute Gasteiger partial charge is 0.251 e. The Bertz CT molecular complexity index is 693. The number of hydrogen-bond acceptors (Lipinski definition) is 5. The Morgan fingerprint density at radius 3 is 2.46 bits per heavy atom. The van der Waals surface area contributed by atoms with Gasteiger partial charge in [0.25, 0.3) is 5.91 Å². The van der Waals surface area contributed by atoms with Gasteiger partial charge in [-0.2, -0.15) is 0 Å². The molecular weight excluding hydrogens is 399 g/mol. The summed E-state index contributed by atoms with van der Waals surface area (Å²) >= 11 is 0. The van der Waals surface area contributed by atoms with E-state index < -0.39 is 0 Å². The van der Waals surface area contributed by atoms with Crippen LogP contribution in [0.25, 0.3) is 0 Å². The second-order valence-electron chi connectivity index (χ2n) is 6.48. The van der Waals surface area contributed by atoms with E-state index in [0.717, 1.165) is 43.9 Å². The largest absolute Gasteiger partial charge is 0.490 e. The van der Waals surface area contributed by atoms with E-state index >= 15 is 0 Å². The summed E-state index contributed by atoms with van der Waals surface area (Å²) < 4.78 is 6.08. The summed E-state index contributed by atoms with van der Waals surface area (Å²) in [7, 11) is 0. The number of rotatable bonds is 7. The van der Waals surface area contributed by atoms with Crippen LogP contribution in [0.2, 0.25) is 0 Å². The molecule has 0 spiro atoms. The summed E-state index contributed by atoms with van der Waals surface area (Å²) in [6.45, 7) is 3.81. The molecule has 8 heteroatoms. The zero-order valence-corrected chi connectivity index (χ0v) is 17.4. The number of carbonyl (C=O) groups excluding carboxylic acids is 1. The average molecular weight is 427 g/mol. The summed E-state index contributed by atoms with van der Waals surface area (Å²) in [4.78, 5) is 18.7. The number of nitrogens with one attached hydrogen (secondary N) is 1. The SMILES string of the molecule is Cl.Cl.NCCNC(=O)c1ccc(OC2CCN(Cc3ccccn3)CC2)cc1. The van der Waals surface area contributed by atoms with E-state index in [4.69, 9.17) is 10.5 Å². The number of pyridine rings is 1. The van der Waals surface area contributed by atoms with E-state index in [9.17, 15) is 4.79 Å². The maximum Gasteiger partial charge on any atom is 0.251 e. The predicted molar refractivity (Wildman–Crippen MR) is 115 cm³/mol. The van der Waals surface area contributed by atoms with Crippen molar-refractivity contribution in [2.45, 2.75) is 25.5 Å². The van der Waals surface area contributed by atoms with Gasteiger partial charge in [-0.25, -0.2) is 0 Å². The number of benzene rings is 1. The van der Waals surface area contributed by atoms with Crippen molar-refractivity contribution >= 4 is 30.7 Å². The van der Waals surface area contributed by atoms with Gasteiger partial charge in [0.2, 0.25) is 0 Å². The number of nitrogens with two attached hydrogens (primary N) is 1. The Morgan fingerprint density at radius 2 is 1.86 bits per heavy atom.